The van der Waals surface area contributed by atoms with Gasteiger partial charge in [-0.25, -0.2) is 4.79 Å². The lowest BCUT2D eigenvalue weighted by Crippen LogP contribution is -2.56. The van der Waals surface area contributed by atoms with E-state index in [0.29, 0.717) is 25.7 Å². The van der Waals surface area contributed by atoms with Gasteiger partial charge >= 0.3 is 11.9 Å². The number of ether oxygens (including phenoxy) is 1. The summed E-state index contributed by atoms with van der Waals surface area (Å²) in [5, 5.41) is 17.7. The maximum Gasteiger partial charge on any atom is 0.329 e. The number of likely N-dealkylation sites (N-methyl/N-ethyl adjacent to an activating group) is 2. The molecule has 0 aromatic rings. The molecule has 4 amide bonds. The quantitative estimate of drug-likeness (QED) is 0.124. The summed E-state index contributed by atoms with van der Waals surface area (Å²) in [7, 11) is 2.98. The maximum atomic E-state index is 13.7. The highest BCUT2D eigenvalue weighted by molar-refractivity contribution is 5.94. The molecule has 1 heterocycles. The Hall–Kier alpha value is -3.48. The van der Waals surface area contributed by atoms with Crippen LogP contribution in [0.1, 0.15) is 101 Å². The first-order valence-corrected chi connectivity index (χ1v) is 17.5. The number of hydrogen-bond donors (Lipinski definition) is 4. The molecule has 1 rings (SSSR count). The van der Waals surface area contributed by atoms with E-state index in [1.807, 2.05) is 47.6 Å². The number of amides is 4. The van der Waals surface area contributed by atoms with Gasteiger partial charge in [0.2, 0.25) is 23.6 Å². The second-order valence-electron chi connectivity index (χ2n) is 15.4. The topological polar surface area (TPSA) is 174 Å². The van der Waals surface area contributed by atoms with Gasteiger partial charge in [-0.15, -0.1) is 0 Å². The molecule has 1 aliphatic rings. The van der Waals surface area contributed by atoms with Crippen molar-refractivity contribution in [2.24, 2.45) is 23.2 Å². The summed E-state index contributed by atoms with van der Waals surface area (Å²) in [5.74, 6) is -3.84. The number of carbonyl (C=O) groups is 6. The van der Waals surface area contributed by atoms with E-state index in [1.54, 1.807) is 27.7 Å². The SMILES string of the molecule is C/C(=C\[C@H](OC(=O)[C@H](CC(C)C)N(C)C(=O)[C@H](C)N(C)C(=O)CNC(=O)[C@@H](NC(=O)[C@@H]1CCCN1)C(C)C)C(C)(C)C)CC[C@@H](C)C(=O)O. The molecule has 0 bridgehead atoms. The van der Waals surface area contributed by atoms with Gasteiger partial charge in [-0.1, -0.05) is 61.0 Å². The van der Waals surface area contributed by atoms with Crippen molar-refractivity contribution in [2.45, 2.75) is 132 Å². The Kier molecular flexibility index (Phi) is 17.5. The van der Waals surface area contributed by atoms with E-state index in [-0.39, 0.29) is 30.3 Å². The van der Waals surface area contributed by atoms with Gasteiger partial charge < -0.3 is 35.6 Å². The molecule has 0 radical (unpaired) electrons. The molecule has 1 fully saturated rings. The number of esters is 1. The van der Waals surface area contributed by atoms with Gasteiger partial charge in [0.15, 0.2) is 0 Å². The molecular formula is C36H63N5O8. The van der Waals surface area contributed by atoms with Crippen LogP contribution in [-0.2, 0) is 33.5 Å². The zero-order chi connectivity index (χ0) is 37.8. The van der Waals surface area contributed by atoms with Crippen LogP contribution in [-0.4, -0.2) is 108 Å². The van der Waals surface area contributed by atoms with E-state index in [1.165, 1.54) is 23.9 Å². The van der Waals surface area contributed by atoms with Gasteiger partial charge in [-0.05, 0) is 70.4 Å². The zero-order valence-corrected chi connectivity index (χ0v) is 31.8. The molecule has 0 aromatic carbocycles. The molecule has 13 heteroatoms. The summed E-state index contributed by atoms with van der Waals surface area (Å²) in [5.41, 5.74) is 0.426. The number of carbonyl (C=O) groups excluding carboxylic acids is 5. The van der Waals surface area contributed by atoms with Crippen LogP contribution in [0.3, 0.4) is 0 Å². The van der Waals surface area contributed by atoms with Crippen LogP contribution in [0.4, 0.5) is 0 Å². The van der Waals surface area contributed by atoms with Crippen molar-refractivity contribution in [3.63, 3.8) is 0 Å². The lowest BCUT2D eigenvalue weighted by molar-refractivity contribution is -0.162. The molecule has 0 spiro atoms. The van der Waals surface area contributed by atoms with Crippen LogP contribution >= 0.6 is 0 Å². The Bertz CT molecular complexity index is 1190. The Labute approximate surface area is 293 Å². The van der Waals surface area contributed by atoms with Crippen LogP contribution < -0.4 is 16.0 Å². The van der Waals surface area contributed by atoms with E-state index in [0.717, 1.165) is 18.5 Å². The third-order valence-electron chi connectivity index (χ3n) is 9.08. The molecule has 0 aromatic heterocycles. The predicted molar refractivity (Wildman–Crippen MR) is 188 cm³/mol. The van der Waals surface area contributed by atoms with Crippen LogP contribution in [0.15, 0.2) is 11.6 Å². The largest absolute Gasteiger partial charge is 0.481 e. The molecule has 0 aliphatic carbocycles. The van der Waals surface area contributed by atoms with Crippen molar-refractivity contribution in [3.8, 4) is 0 Å². The fraction of sp³-hybridized carbons (Fsp3) is 0.778. The lowest BCUT2D eigenvalue weighted by atomic mass is 9.87. The second kappa shape index (κ2) is 19.6. The van der Waals surface area contributed by atoms with E-state index in [9.17, 15) is 33.9 Å². The normalized spacial score (nSPS) is 18.2. The summed E-state index contributed by atoms with van der Waals surface area (Å²) in [6.45, 7) is 18.8. The van der Waals surface area contributed by atoms with E-state index in [4.69, 9.17) is 4.74 Å². The van der Waals surface area contributed by atoms with E-state index >= 15 is 0 Å². The highest BCUT2D eigenvalue weighted by Gasteiger charge is 2.37. The molecule has 1 aliphatic heterocycles. The van der Waals surface area contributed by atoms with Crippen molar-refractivity contribution >= 4 is 35.6 Å². The van der Waals surface area contributed by atoms with Crippen molar-refractivity contribution in [3.05, 3.63) is 11.6 Å². The van der Waals surface area contributed by atoms with Crippen molar-refractivity contribution < 1.29 is 38.6 Å². The summed E-state index contributed by atoms with van der Waals surface area (Å²) < 4.78 is 6.04. The lowest BCUT2D eigenvalue weighted by Gasteiger charge is -2.35. The fourth-order valence-electron chi connectivity index (χ4n) is 5.36. The Morgan fingerprint density at radius 3 is 2.10 bits per heavy atom. The fourth-order valence-corrected chi connectivity index (χ4v) is 5.36. The first kappa shape index (κ1) is 43.5. The molecule has 280 valence electrons. The van der Waals surface area contributed by atoms with Crippen molar-refractivity contribution in [1.29, 1.82) is 0 Å². The molecule has 13 nitrogen and oxygen atoms in total. The first-order chi connectivity index (χ1) is 22.6. The number of aliphatic carboxylic acids is 1. The summed E-state index contributed by atoms with van der Waals surface area (Å²) in [6, 6.07) is -3.05. The first-order valence-electron chi connectivity index (χ1n) is 17.5. The number of hydrogen-bond acceptors (Lipinski definition) is 8. The number of carboxylic acid groups (broad SMARTS) is 1. The minimum atomic E-state index is -0.956. The second-order valence-corrected chi connectivity index (χ2v) is 15.4. The smallest absolute Gasteiger partial charge is 0.329 e. The van der Waals surface area contributed by atoms with Gasteiger partial charge in [0.25, 0.3) is 0 Å². The van der Waals surface area contributed by atoms with Crippen LogP contribution in [0, 0.1) is 23.2 Å². The van der Waals surface area contributed by atoms with Crippen molar-refractivity contribution in [2.75, 3.05) is 27.2 Å². The average molecular weight is 694 g/mol. The third kappa shape index (κ3) is 14.1. The van der Waals surface area contributed by atoms with E-state index in [2.05, 4.69) is 16.0 Å². The summed E-state index contributed by atoms with van der Waals surface area (Å²) in [4.78, 5) is 79.9. The van der Waals surface area contributed by atoms with Gasteiger partial charge in [0, 0.05) is 19.5 Å². The highest BCUT2D eigenvalue weighted by Crippen LogP contribution is 2.27. The van der Waals surface area contributed by atoms with Gasteiger partial charge in [-0.3, -0.25) is 24.0 Å². The number of rotatable bonds is 18. The van der Waals surface area contributed by atoms with Crippen LogP contribution in [0.25, 0.3) is 0 Å². The molecule has 1 saturated heterocycles. The number of nitrogens with zero attached hydrogens (tertiary/aromatic N) is 2. The van der Waals surface area contributed by atoms with Gasteiger partial charge in [-0.2, -0.15) is 0 Å². The monoisotopic (exact) mass is 693 g/mol. The molecule has 49 heavy (non-hydrogen) atoms. The number of nitrogens with one attached hydrogen (secondary N) is 3. The van der Waals surface area contributed by atoms with Gasteiger partial charge in [0.1, 0.15) is 24.2 Å². The molecule has 0 saturated carbocycles. The summed E-state index contributed by atoms with van der Waals surface area (Å²) in [6.07, 6.45) is 4.12. The third-order valence-corrected chi connectivity index (χ3v) is 9.08. The van der Waals surface area contributed by atoms with Crippen molar-refractivity contribution in [1.82, 2.24) is 25.8 Å². The van der Waals surface area contributed by atoms with Crippen LogP contribution in [0.5, 0.6) is 0 Å². The van der Waals surface area contributed by atoms with Gasteiger partial charge in [0.05, 0.1) is 18.5 Å². The van der Waals surface area contributed by atoms with E-state index < -0.39 is 65.2 Å². The number of carboxylic acids is 1. The standard InChI is InChI=1S/C36H63N5O8/c1-21(2)18-27(35(48)49-28(36(8,9)10)19-23(5)15-16-24(6)34(46)47)41(12)33(45)25(7)40(11)29(42)20-38-32(44)30(22(3)4)39-31(43)26-14-13-17-37-26/h19,21-22,24-28,30,37H,13-18,20H2,1-12H3,(H,38,44)(H,39,43)(H,46,47)/b23-19+/t24-,25+,26+,27+,28+,30+/m1/s1. The number of allylic oxidation sites excluding steroid dienone is 1. The minimum Gasteiger partial charge on any atom is -0.481 e. The molecule has 6 atom stereocenters. The predicted octanol–water partition coefficient (Wildman–Crippen LogP) is 3.12. The Balaban J connectivity index is 2.99. The molecule has 4 N–H and O–H groups in total. The maximum absolute atomic E-state index is 13.7. The highest BCUT2D eigenvalue weighted by atomic mass is 16.5. The molecule has 0 unspecified atom stereocenters. The Morgan fingerprint density at radius 2 is 1.61 bits per heavy atom. The summed E-state index contributed by atoms with van der Waals surface area (Å²) >= 11 is 0. The Morgan fingerprint density at radius 1 is 1.00 bits per heavy atom. The zero-order valence-electron chi connectivity index (χ0n) is 31.8. The average Bonchev–Trinajstić information content (AvgIpc) is 3.56. The molecular weight excluding hydrogens is 630 g/mol. The minimum absolute atomic E-state index is 0.0411. The van der Waals surface area contributed by atoms with Crippen LogP contribution in [0.2, 0.25) is 0 Å².